The number of aryl methyl sites for hydroxylation is 1. The molecule has 10 heteroatoms. The summed E-state index contributed by atoms with van der Waals surface area (Å²) in [6, 6.07) is 13.1. The van der Waals surface area contributed by atoms with Gasteiger partial charge in [-0.15, -0.1) is 5.11 Å². The van der Waals surface area contributed by atoms with Gasteiger partial charge in [-0.05, 0) is 62.2 Å². The van der Waals surface area contributed by atoms with E-state index in [0.29, 0.717) is 35.2 Å². The molecule has 1 aliphatic rings. The van der Waals surface area contributed by atoms with E-state index in [4.69, 9.17) is 11.6 Å². The Kier molecular flexibility index (Phi) is 5.59. The molecule has 0 bridgehead atoms. The maximum Gasteiger partial charge on any atom is 0.299 e. The summed E-state index contributed by atoms with van der Waals surface area (Å²) in [6.45, 7) is 2.83. The molecule has 3 aromatic rings. The lowest BCUT2D eigenvalue weighted by molar-refractivity contribution is 0.477. The zero-order valence-electron chi connectivity index (χ0n) is 16.2. The number of sulfonamides is 1. The molecule has 1 fully saturated rings. The molecule has 0 amide bonds. The lowest BCUT2D eigenvalue weighted by atomic mass is 10.3. The predicted octanol–water partition coefficient (Wildman–Crippen LogP) is 4.33. The lowest BCUT2D eigenvalue weighted by Crippen LogP contribution is -2.27. The van der Waals surface area contributed by atoms with Crippen LogP contribution < -0.4 is 5.56 Å². The van der Waals surface area contributed by atoms with Gasteiger partial charge in [0, 0.05) is 18.1 Å². The Balaban J connectivity index is 1.58. The minimum absolute atomic E-state index is 0.170. The summed E-state index contributed by atoms with van der Waals surface area (Å²) in [7, 11) is -3.47. The van der Waals surface area contributed by atoms with Crippen molar-refractivity contribution in [2.75, 3.05) is 13.1 Å². The lowest BCUT2D eigenvalue weighted by Gasteiger charge is -2.15. The number of aromatic amines is 1. The highest BCUT2D eigenvalue weighted by Gasteiger charge is 2.26. The van der Waals surface area contributed by atoms with Crippen LogP contribution in [0.2, 0.25) is 5.02 Å². The van der Waals surface area contributed by atoms with Crippen LogP contribution in [0.5, 0.6) is 0 Å². The molecule has 156 valence electrons. The fraction of sp³-hybridized carbons (Fsp3) is 0.250. The van der Waals surface area contributed by atoms with Crippen LogP contribution in [0.4, 0.5) is 11.4 Å². The minimum Gasteiger partial charge on any atom is -0.293 e. The average molecular weight is 446 g/mol. The van der Waals surface area contributed by atoms with Gasteiger partial charge in [-0.25, -0.2) is 13.1 Å². The van der Waals surface area contributed by atoms with Crippen LogP contribution in [0.1, 0.15) is 18.5 Å². The first kappa shape index (κ1) is 20.5. The Labute approximate surface area is 178 Å². The van der Waals surface area contributed by atoms with Gasteiger partial charge in [0.05, 0.1) is 22.0 Å². The summed E-state index contributed by atoms with van der Waals surface area (Å²) in [6.07, 6.45) is 1.77. The summed E-state index contributed by atoms with van der Waals surface area (Å²) < 4.78 is 28.0. The molecule has 1 aliphatic heterocycles. The molecular weight excluding hydrogens is 426 g/mol. The van der Waals surface area contributed by atoms with Crippen LogP contribution in [0.25, 0.3) is 5.69 Å². The number of hydrogen-bond donors (Lipinski definition) is 1. The van der Waals surface area contributed by atoms with Gasteiger partial charge in [-0.3, -0.25) is 9.89 Å². The average Bonchev–Trinajstić information content (AvgIpc) is 3.36. The second kappa shape index (κ2) is 8.17. The minimum atomic E-state index is -3.47. The molecule has 0 saturated carbocycles. The number of hydrogen-bond acceptors (Lipinski definition) is 5. The van der Waals surface area contributed by atoms with E-state index < -0.39 is 10.0 Å². The van der Waals surface area contributed by atoms with Crippen molar-refractivity contribution in [1.82, 2.24) is 14.1 Å². The molecule has 1 saturated heterocycles. The van der Waals surface area contributed by atoms with Gasteiger partial charge in [0.2, 0.25) is 10.0 Å². The number of benzene rings is 2. The van der Waals surface area contributed by atoms with Gasteiger partial charge in [0.25, 0.3) is 5.56 Å². The summed E-state index contributed by atoms with van der Waals surface area (Å²) in [5.74, 6) is 0. The number of halogens is 1. The highest BCUT2D eigenvalue weighted by atomic mass is 35.5. The van der Waals surface area contributed by atoms with Crippen LogP contribution in [0, 0.1) is 6.92 Å². The van der Waals surface area contributed by atoms with E-state index in [0.717, 1.165) is 12.8 Å². The zero-order chi connectivity index (χ0) is 21.3. The van der Waals surface area contributed by atoms with Crippen molar-refractivity contribution in [3.8, 4) is 5.69 Å². The van der Waals surface area contributed by atoms with Crippen LogP contribution in [0.15, 0.2) is 68.4 Å². The second-order valence-electron chi connectivity index (χ2n) is 7.01. The van der Waals surface area contributed by atoms with Gasteiger partial charge >= 0.3 is 0 Å². The third-order valence-corrected chi connectivity index (χ3v) is 7.06. The Bertz CT molecular complexity index is 1260. The molecule has 0 radical (unpaired) electrons. The van der Waals surface area contributed by atoms with Gasteiger partial charge in [0.1, 0.15) is 0 Å². The molecule has 0 unspecified atom stereocenters. The molecule has 0 aliphatic carbocycles. The van der Waals surface area contributed by atoms with Gasteiger partial charge in [0.15, 0.2) is 5.69 Å². The van der Waals surface area contributed by atoms with Crippen molar-refractivity contribution >= 4 is 33.0 Å². The fourth-order valence-corrected chi connectivity index (χ4v) is 5.02. The molecule has 1 N–H and O–H groups in total. The fourth-order valence-electron chi connectivity index (χ4n) is 3.32. The number of aromatic nitrogens is 2. The molecule has 0 atom stereocenters. The van der Waals surface area contributed by atoms with Crippen molar-refractivity contribution in [2.45, 2.75) is 24.7 Å². The summed E-state index contributed by atoms with van der Waals surface area (Å²) in [5.41, 5.74) is 1.41. The Morgan fingerprint density at radius 1 is 1.03 bits per heavy atom. The molecule has 30 heavy (non-hydrogen) atoms. The largest absolute Gasteiger partial charge is 0.299 e. The first-order chi connectivity index (χ1) is 14.4. The second-order valence-corrected chi connectivity index (χ2v) is 9.39. The quantitative estimate of drug-likeness (QED) is 0.591. The molecular formula is C20H20ClN5O3S. The van der Waals surface area contributed by atoms with Crippen molar-refractivity contribution < 1.29 is 8.42 Å². The summed E-state index contributed by atoms with van der Waals surface area (Å²) in [4.78, 5) is 12.9. The Morgan fingerprint density at radius 2 is 1.73 bits per heavy atom. The third kappa shape index (κ3) is 3.96. The highest BCUT2D eigenvalue weighted by molar-refractivity contribution is 7.89. The van der Waals surface area contributed by atoms with E-state index in [-0.39, 0.29) is 16.1 Å². The maximum absolute atomic E-state index is 12.7. The number of azo groups is 1. The monoisotopic (exact) mass is 445 g/mol. The number of nitrogens with one attached hydrogen (secondary N) is 1. The van der Waals surface area contributed by atoms with Gasteiger partial charge in [-0.2, -0.15) is 9.42 Å². The highest BCUT2D eigenvalue weighted by Crippen LogP contribution is 2.24. The molecule has 2 heterocycles. The van der Waals surface area contributed by atoms with Crippen LogP contribution in [0.3, 0.4) is 0 Å². The standard InChI is InChI=1S/C20H20ClN5O3S/c1-14-19(20(27)26(24-14)17-6-4-5-15(21)13-17)23-22-16-7-9-18(10-8-16)30(28,29)25-11-2-3-12-25/h4-10,13,24H,2-3,11-12H2,1H3. The van der Waals surface area contributed by atoms with Crippen molar-refractivity contribution in [2.24, 2.45) is 10.2 Å². The first-order valence-electron chi connectivity index (χ1n) is 9.46. The topological polar surface area (TPSA) is 99.9 Å². The normalized spacial score (nSPS) is 15.3. The molecule has 0 spiro atoms. The van der Waals surface area contributed by atoms with Crippen molar-refractivity contribution in [1.29, 1.82) is 0 Å². The van der Waals surface area contributed by atoms with Crippen molar-refractivity contribution in [3.63, 3.8) is 0 Å². The van der Waals surface area contributed by atoms with Crippen LogP contribution >= 0.6 is 11.6 Å². The SMILES string of the molecule is Cc1[nH]n(-c2cccc(Cl)c2)c(=O)c1N=Nc1ccc(S(=O)(=O)N2CCCC2)cc1. The third-order valence-electron chi connectivity index (χ3n) is 4.91. The number of H-pyrrole nitrogens is 1. The van der Waals surface area contributed by atoms with Crippen LogP contribution in [-0.2, 0) is 10.0 Å². The van der Waals surface area contributed by atoms with E-state index in [1.807, 2.05) is 0 Å². The van der Waals surface area contributed by atoms with Crippen molar-refractivity contribution in [3.05, 3.63) is 69.6 Å². The number of rotatable bonds is 5. The Hall–Kier alpha value is -2.75. The van der Waals surface area contributed by atoms with Gasteiger partial charge in [-0.1, -0.05) is 17.7 Å². The zero-order valence-corrected chi connectivity index (χ0v) is 17.8. The van der Waals surface area contributed by atoms with E-state index in [9.17, 15) is 13.2 Å². The number of nitrogens with zero attached hydrogens (tertiary/aromatic N) is 4. The maximum atomic E-state index is 12.7. The Morgan fingerprint density at radius 3 is 2.40 bits per heavy atom. The molecule has 2 aromatic carbocycles. The summed E-state index contributed by atoms with van der Waals surface area (Å²) in [5, 5.41) is 11.7. The molecule has 8 nitrogen and oxygen atoms in total. The smallest absolute Gasteiger partial charge is 0.293 e. The van der Waals surface area contributed by atoms with E-state index >= 15 is 0 Å². The summed E-state index contributed by atoms with van der Waals surface area (Å²) >= 11 is 6.00. The first-order valence-corrected chi connectivity index (χ1v) is 11.3. The predicted molar refractivity (Wildman–Crippen MR) is 115 cm³/mol. The van der Waals surface area contributed by atoms with E-state index in [1.54, 1.807) is 43.3 Å². The van der Waals surface area contributed by atoms with Crippen LogP contribution in [-0.4, -0.2) is 35.6 Å². The van der Waals surface area contributed by atoms with Gasteiger partial charge < -0.3 is 0 Å². The van der Waals surface area contributed by atoms with E-state index in [2.05, 4.69) is 15.3 Å². The van der Waals surface area contributed by atoms with E-state index in [1.165, 1.54) is 21.1 Å². The molecule has 4 rings (SSSR count). The molecule has 1 aromatic heterocycles.